The van der Waals surface area contributed by atoms with Crippen molar-refractivity contribution < 1.29 is 14.7 Å². The Morgan fingerprint density at radius 3 is 2.52 bits per heavy atom. The highest BCUT2D eigenvalue weighted by Gasteiger charge is 2.09. The predicted octanol–water partition coefficient (Wildman–Crippen LogP) is 2.61. The Morgan fingerprint density at radius 2 is 1.83 bits per heavy atom. The normalized spacial score (nSPS) is 11.6. The summed E-state index contributed by atoms with van der Waals surface area (Å²) in [5, 5.41) is 15.2. The maximum Gasteiger partial charge on any atom is 0.319 e. The van der Waals surface area contributed by atoms with Gasteiger partial charge in [0.05, 0.1) is 6.10 Å². The van der Waals surface area contributed by atoms with Gasteiger partial charge in [0.15, 0.2) is 5.78 Å². The van der Waals surface area contributed by atoms with E-state index in [4.69, 9.17) is 0 Å². The molecule has 0 radical (unpaired) electrons. The summed E-state index contributed by atoms with van der Waals surface area (Å²) >= 11 is 0. The van der Waals surface area contributed by atoms with Crippen molar-refractivity contribution in [3.05, 3.63) is 65.7 Å². The number of urea groups is 1. The lowest BCUT2D eigenvalue weighted by Crippen LogP contribution is -2.36. The average molecular weight is 312 g/mol. The fourth-order valence-electron chi connectivity index (χ4n) is 2.16. The van der Waals surface area contributed by atoms with Crippen LogP contribution in [0.25, 0.3) is 0 Å². The molecule has 0 saturated heterocycles. The summed E-state index contributed by atoms with van der Waals surface area (Å²) in [5.41, 5.74) is 2.08. The molecule has 5 nitrogen and oxygen atoms in total. The van der Waals surface area contributed by atoms with E-state index in [-0.39, 0.29) is 12.3 Å². The van der Waals surface area contributed by atoms with E-state index in [1.165, 1.54) is 6.92 Å². The third-order valence-corrected chi connectivity index (χ3v) is 3.34. The molecule has 0 bridgehead atoms. The summed E-state index contributed by atoms with van der Waals surface area (Å²) in [7, 11) is 0. The molecule has 2 aromatic carbocycles. The van der Waals surface area contributed by atoms with Gasteiger partial charge in [-0.15, -0.1) is 0 Å². The highest BCUT2D eigenvalue weighted by molar-refractivity contribution is 5.96. The number of carbonyl (C=O) groups is 2. The van der Waals surface area contributed by atoms with E-state index in [0.29, 0.717) is 17.7 Å². The van der Waals surface area contributed by atoms with Crippen LogP contribution in [0.1, 0.15) is 22.8 Å². The average Bonchev–Trinajstić information content (AvgIpc) is 2.54. The molecule has 0 aliphatic rings. The Bertz CT molecular complexity index is 671. The van der Waals surface area contributed by atoms with Crippen LogP contribution in [0.2, 0.25) is 0 Å². The van der Waals surface area contributed by atoms with Gasteiger partial charge in [0.25, 0.3) is 0 Å². The molecule has 2 rings (SSSR count). The standard InChI is InChI=1S/C18H20N2O3/c1-13(21)15-8-5-9-16(11-15)20-18(23)19-12-17(22)10-14-6-3-2-4-7-14/h2-9,11,17,22H,10,12H2,1H3,(H2,19,20,23). The Labute approximate surface area is 135 Å². The highest BCUT2D eigenvalue weighted by atomic mass is 16.3. The second-order valence-corrected chi connectivity index (χ2v) is 5.32. The second-order valence-electron chi connectivity index (χ2n) is 5.32. The number of aliphatic hydroxyl groups is 1. The zero-order valence-corrected chi connectivity index (χ0v) is 13.0. The molecule has 0 fully saturated rings. The molecule has 0 heterocycles. The van der Waals surface area contributed by atoms with Crippen molar-refractivity contribution in [3.63, 3.8) is 0 Å². The van der Waals surface area contributed by atoms with Crippen LogP contribution in [-0.2, 0) is 6.42 Å². The molecule has 2 aromatic rings. The van der Waals surface area contributed by atoms with Crippen molar-refractivity contribution in [1.29, 1.82) is 0 Å². The molecule has 120 valence electrons. The number of hydrogen-bond donors (Lipinski definition) is 3. The van der Waals surface area contributed by atoms with Gasteiger partial charge in [0, 0.05) is 24.2 Å². The first-order chi connectivity index (χ1) is 11.0. The van der Waals surface area contributed by atoms with Crippen LogP contribution in [0.5, 0.6) is 0 Å². The number of amides is 2. The van der Waals surface area contributed by atoms with Gasteiger partial charge < -0.3 is 15.7 Å². The van der Waals surface area contributed by atoms with Gasteiger partial charge in [-0.1, -0.05) is 42.5 Å². The number of Topliss-reactive ketones (excluding diaryl/α,β-unsaturated/α-hetero) is 1. The van der Waals surface area contributed by atoms with E-state index >= 15 is 0 Å². The van der Waals surface area contributed by atoms with Crippen molar-refractivity contribution in [1.82, 2.24) is 5.32 Å². The summed E-state index contributed by atoms with van der Waals surface area (Å²) in [6.45, 7) is 1.62. The van der Waals surface area contributed by atoms with Gasteiger partial charge in [-0.2, -0.15) is 0 Å². The Morgan fingerprint density at radius 1 is 1.09 bits per heavy atom. The minimum Gasteiger partial charge on any atom is -0.391 e. The first kappa shape index (κ1) is 16.7. The number of carbonyl (C=O) groups excluding carboxylic acids is 2. The number of benzene rings is 2. The monoisotopic (exact) mass is 312 g/mol. The summed E-state index contributed by atoms with van der Waals surface area (Å²) < 4.78 is 0. The smallest absolute Gasteiger partial charge is 0.319 e. The first-order valence-electron chi connectivity index (χ1n) is 7.42. The molecule has 0 saturated carbocycles. The fraction of sp³-hybridized carbons (Fsp3) is 0.222. The molecule has 5 heteroatoms. The van der Waals surface area contributed by atoms with E-state index in [1.54, 1.807) is 24.3 Å². The molecular formula is C18H20N2O3. The summed E-state index contributed by atoms with van der Waals surface area (Å²) in [6.07, 6.45) is -0.187. The topological polar surface area (TPSA) is 78.4 Å². The molecule has 0 spiro atoms. The second kappa shape index (κ2) is 8.10. The molecule has 3 N–H and O–H groups in total. The van der Waals surface area contributed by atoms with Crippen molar-refractivity contribution in [3.8, 4) is 0 Å². The number of rotatable bonds is 6. The third kappa shape index (κ3) is 5.56. The van der Waals surface area contributed by atoms with Crippen LogP contribution < -0.4 is 10.6 Å². The van der Waals surface area contributed by atoms with E-state index in [9.17, 15) is 14.7 Å². The zero-order chi connectivity index (χ0) is 16.7. The summed E-state index contributed by atoms with van der Waals surface area (Å²) in [4.78, 5) is 23.1. The van der Waals surface area contributed by atoms with Crippen LogP contribution in [0, 0.1) is 0 Å². The van der Waals surface area contributed by atoms with Crippen molar-refractivity contribution in [2.24, 2.45) is 0 Å². The van der Waals surface area contributed by atoms with Crippen molar-refractivity contribution >= 4 is 17.5 Å². The van der Waals surface area contributed by atoms with Gasteiger partial charge in [-0.05, 0) is 24.6 Å². The highest BCUT2D eigenvalue weighted by Crippen LogP contribution is 2.11. The molecular weight excluding hydrogens is 292 g/mol. The largest absolute Gasteiger partial charge is 0.391 e. The summed E-state index contributed by atoms with van der Waals surface area (Å²) in [6, 6.07) is 15.9. The SMILES string of the molecule is CC(=O)c1cccc(NC(=O)NCC(O)Cc2ccccc2)c1. The van der Waals surface area contributed by atoms with Crippen LogP contribution in [0.15, 0.2) is 54.6 Å². The van der Waals surface area contributed by atoms with Crippen LogP contribution in [-0.4, -0.2) is 29.6 Å². The lowest BCUT2D eigenvalue weighted by atomic mass is 10.1. The number of nitrogens with one attached hydrogen (secondary N) is 2. The lowest BCUT2D eigenvalue weighted by Gasteiger charge is -2.13. The lowest BCUT2D eigenvalue weighted by molar-refractivity contribution is 0.101. The van der Waals surface area contributed by atoms with Gasteiger partial charge in [-0.3, -0.25) is 4.79 Å². The van der Waals surface area contributed by atoms with E-state index in [2.05, 4.69) is 10.6 Å². The Kier molecular flexibility index (Phi) is 5.88. The van der Waals surface area contributed by atoms with Gasteiger partial charge in [-0.25, -0.2) is 4.79 Å². The van der Waals surface area contributed by atoms with Crippen LogP contribution >= 0.6 is 0 Å². The molecule has 1 unspecified atom stereocenters. The fourth-order valence-corrected chi connectivity index (χ4v) is 2.16. The van der Waals surface area contributed by atoms with Crippen molar-refractivity contribution in [2.45, 2.75) is 19.4 Å². The quantitative estimate of drug-likeness (QED) is 0.717. The van der Waals surface area contributed by atoms with E-state index in [1.807, 2.05) is 30.3 Å². The molecule has 23 heavy (non-hydrogen) atoms. The zero-order valence-electron chi connectivity index (χ0n) is 13.0. The van der Waals surface area contributed by atoms with Crippen molar-refractivity contribution in [2.75, 3.05) is 11.9 Å². The summed E-state index contributed by atoms with van der Waals surface area (Å²) in [5.74, 6) is -0.0626. The Balaban J connectivity index is 1.81. The van der Waals surface area contributed by atoms with Gasteiger partial charge in [0.1, 0.15) is 0 Å². The minimum atomic E-state index is -0.660. The first-order valence-corrected chi connectivity index (χ1v) is 7.42. The molecule has 2 amide bonds. The third-order valence-electron chi connectivity index (χ3n) is 3.34. The number of hydrogen-bond acceptors (Lipinski definition) is 3. The van der Waals surface area contributed by atoms with E-state index < -0.39 is 12.1 Å². The maximum atomic E-state index is 11.8. The molecule has 0 aliphatic carbocycles. The Hall–Kier alpha value is -2.66. The van der Waals surface area contributed by atoms with Gasteiger partial charge >= 0.3 is 6.03 Å². The molecule has 0 aromatic heterocycles. The minimum absolute atomic E-state index is 0.0626. The van der Waals surface area contributed by atoms with Crippen LogP contribution in [0.3, 0.4) is 0 Å². The number of ketones is 1. The van der Waals surface area contributed by atoms with Crippen LogP contribution in [0.4, 0.5) is 10.5 Å². The molecule has 0 aliphatic heterocycles. The number of anilines is 1. The molecule has 1 atom stereocenters. The predicted molar refractivity (Wildman–Crippen MR) is 89.6 cm³/mol. The maximum absolute atomic E-state index is 11.8. The van der Waals surface area contributed by atoms with Gasteiger partial charge in [0.2, 0.25) is 0 Å². The number of aliphatic hydroxyl groups excluding tert-OH is 1. The van der Waals surface area contributed by atoms with E-state index in [0.717, 1.165) is 5.56 Å².